The maximum absolute atomic E-state index is 12.7. The minimum absolute atomic E-state index is 0.00989. The summed E-state index contributed by atoms with van der Waals surface area (Å²) in [7, 11) is 1.88. The Bertz CT molecular complexity index is 1340. The maximum atomic E-state index is 12.7. The quantitative estimate of drug-likeness (QED) is 0.395. The van der Waals surface area contributed by atoms with Gasteiger partial charge in [-0.3, -0.25) is 9.20 Å². The number of hydrogen-bond donors (Lipinski definition) is 2. The number of nitrogens with one attached hydrogen (secondary N) is 2. The van der Waals surface area contributed by atoms with Gasteiger partial charge in [-0.05, 0) is 30.7 Å². The molecule has 0 fully saturated rings. The zero-order valence-corrected chi connectivity index (χ0v) is 18.1. The van der Waals surface area contributed by atoms with Crippen molar-refractivity contribution in [3.05, 3.63) is 72.6 Å². The van der Waals surface area contributed by atoms with Crippen molar-refractivity contribution in [2.24, 2.45) is 7.05 Å². The Labute approximate surface area is 192 Å². The number of alkyl halides is 3. The molecule has 3 aromatic heterocycles. The third-order valence-corrected chi connectivity index (χ3v) is 5.23. The van der Waals surface area contributed by atoms with Crippen LogP contribution in [0.2, 0.25) is 0 Å². The Morgan fingerprint density at radius 1 is 1.12 bits per heavy atom. The van der Waals surface area contributed by atoms with Crippen LogP contribution in [0, 0.1) is 0 Å². The highest BCUT2D eigenvalue weighted by atomic mass is 19.4. The van der Waals surface area contributed by atoms with Crippen molar-refractivity contribution in [3.8, 4) is 11.3 Å². The van der Waals surface area contributed by atoms with Crippen LogP contribution in [0.15, 0.2) is 61.3 Å². The van der Waals surface area contributed by atoms with Crippen LogP contribution < -0.4 is 10.6 Å². The second kappa shape index (κ2) is 9.38. The molecular formula is C23H21F3N6O2. The van der Waals surface area contributed by atoms with Crippen molar-refractivity contribution in [3.63, 3.8) is 0 Å². The fourth-order valence-electron chi connectivity index (χ4n) is 3.49. The van der Waals surface area contributed by atoms with E-state index in [-0.39, 0.29) is 5.78 Å². The average Bonchev–Trinajstić information content (AvgIpc) is 3.41. The van der Waals surface area contributed by atoms with Gasteiger partial charge >= 0.3 is 12.2 Å². The number of anilines is 1. The minimum atomic E-state index is -4.49. The lowest BCUT2D eigenvalue weighted by Gasteiger charge is -2.11. The molecule has 11 heteroatoms. The number of hydrogen-bond acceptors (Lipinski definition) is 4. The number of Topliss-reactive ketones (excluding diaryl/α,β-unsaturated/α-hetero) is 1. The molecule has 0 aliphatic carbocycles. The summed E-state index contributed by atoms with van der Waals surface area (Å²) in [6.45, 7) is -1.42. The fraction of sp³-hybridized carbons (Fsp3) is 0.217. The number of aryl methyl sites for hydroxylation is 2. The first-order valence-corrected chi connectivity index (χ1v) is 10.4. The molecule has 0 saturated carbocycles. The summed E-state index contributed by atoms with van der Waals surface area (Å²) in [5.41, 5.74) is 3.80. The number of ketones is 1. The molecule has 2 N–H and O–H groups in total. The zero-order valence-electron chi connectivity index (χ0n) is 18.1. The molecule has 4 rings (SSSR count). The predicted octanol–water partition coefficient (Wildman–Crippen LogP) is 4.23. The molecule has 2 amide bonds. The Kier molecular flexibility index (Phi) is 6.35. The van der Waals surface area contributed by atoms with Gasteiger partial charge in [0.2, 0.25) is 0 Å². The monoisotopic (exact) mass is 470 g/mol. The van der Waals surface area contributed by atoms with Crippen molar-refractivity contribution in [1.82, 2.24) is 24.3 Å². The Morgan fingerprint density at radius 2 is 1.94 bits per heavy atom. The third-order valence-electron chi connectivity index (χ3n) is 5.23. The minimum Gasteiger partial charge on any atom is -0.338 e. The van der Waals surface area contributed by atoms with Crippen molar-refractivity contribution < 1.29 is 22.8 Å². The smallest absolute Gasteiger partial charge is 0.338 e. The molecular weight excluding hydrogens is 449 g/mol. The molecule has 0 aliphatic rings. The number of aromatic nitrogens is 4. The predicted molar refractivity (Wildman–Crippen MR) is 120 cm³/mol. The highest BCUT2D eigenvalue weighted by molar-refractivity contribution is 5.97. The molecule has 0 atom stereocenters. The number of carbonyl (C=O) groups excluding carboxylic acids is 2. The van der Waals surface area contributed by atoms with Gasteiger partial charge in [0.05, 0.1) is 18.2 Å². The van der Waals surface area contributed by atoms with Crippen molar-refractivity contribution in [1.29, 1.82) is 0 Å². The van der Waals surface area contributed by atoms with Gasteiger partial charge in [0.1, 0.15) is 12.2 Å². The van der Waals surface area contributed by atoms with E-state index in [1.165, 1.54) is 0 Å². The number of amides is 2. The van der Waals surface area contributed by atoms with E-state index in [4.69, 9.17) is 0 Å². The number of halogens is 3. The molecule has 1 aromatic carbocycles. The second-order valence-corrected chi connectivity index (χ2v) is 7.71. The number of benzene rings is 1. The van der Waals surface area contributed by atoms with Gasteiger partial charge in [0, 0.05) is 48.4 Å². The molecule has 0 radical (unpaired) electrons. The van der Waals surface area contributed by atoms with Crippen LogP contribution in [-0.4, -0.2) is 43.5 Å². The Hall–Kier alpha value is -4.15. The van der Waals surface area contributed by atoms with Crippen molar-refractivity contribution >= 4 is 23.1 Å². The molecule has 0 bridgehead atoms. The summed E-state index contributed by atoms with van der Waals surface area (Å²) in [4.78, 5) is 32.8. The standard InChI is InChI=1S/C23H21F3N6O2/c1-31-14-27-11-18(31)5-6-20(33)16-7-8-32-19(12-28-21(32)10-16)15-3-2-4-17(9-15)30-22(34)29-13-23(24,25)26/h2-4,7-12,14H,5-6,13H2,1H3,(H2,29,30,34). The number of pyridine rings is 1. The van der Waals surface area contributed by atoms with E-state index in [2.05, 4.69) is 15.3 Å². The van der Waals surface area contributed by atoms with Crippen LogP contribution in [-0.2, 0) is 13.5 Å². The first kappa shape index (κ1) is 23.0. The first-order chi connectivity index (χ1) is 16.2. The van der Waals surface area contributed by atoms with Crippen LogP contribution >= 0.6 is 0 Å². The van der Waals surface area contributed by atoms with Crippen LogP contribution in [0.1, 0.15) is 22.5 Å². The van der Waals surface area contributed by atoms with Gasteiger partial charge in [-0.15, -0.1) is 0 Å². The molecule has 8 nitrogen and oxygen atoms in total. The molecule has 0 saturated heterocycles. The lowest BCUT2D eigenvalue weighted by Crippen LogP contribution is -2.36. The van der Waals surface area contributed by atoms with Crippen LogP contribution in [0.25, 0.3) is 16.9 Å². The van der Waals surface area contributed by atoms with Gasteiger partial charge in [-0.1, -0.05) is 12.1 Å². The molecule has 0 unspecified atom stereocenters. The van der Waals surface area contributed by atoms with Crippen molar-refractivity contribution in [2.75, 3.05) is 11.9 Å². The molecule has 3 heterocycles. The lowest BCUT2D eigenvalue weighted by atomic mass is 10.1. The summed E-state index contributed by atoms with van der Waals surface area (Å²) in [6, 6.07) is 9.13. The molecule has 4 aromatic rings. The summed E-state index contributed by atoms with van der Waals surface area (Å²) in [6.07, 6.45) is 3.23. The largest absolute Gasteiger partial charge is 0.405 e. The van der Waals surface area contributed by atoms with Crippen LogP contribution in [0.4, 0.5) is 23.7 Å². The molecule has 0 spiro atoms. The zero-order chi connectivity index (χ0) is 24.3. The summed E-state index contributed by atoms with van der Waals surface area (Å²) >= 11 is 0. The van der Waals surface area contributed by atoms with Gasteiger partial charge in [-0.2, -0.15) is 13.2 Å². The van der Waals surface area contributed by atoms with E-state index < -0.39 is 18.8 Å². The van der Waals surface area contributed by atoms with E-state index in [1.807, 2.05) is 11.6 Å². The highest BCUT2D eigenvalue weighted by Crippen LogP contribution is 2.24. The van der Waals surface area contributed by atoms with Gasteiger partial charge in [0.25, 0.3) is 0 Å². The maximum Gasteiger partial charge on any atom is 0.405 e. The van der Waals surface area contributed by atoms with E-state index in [9.17, 15) is 22.8 Å². The number of urea groups is 1. The first-order valence-electron chi connectivity index (χ1n) is 10.4. The van der Waals surface area contributed by atoms with E-state index in [0.717, 1.165) is 5.69 Å². The molecule has 34 heavy (non-hydrogen) atoms. The van der Waals surface area contributed by atoms with E-state index in [1.54, 1.807) is 71.0 Å². The summed E-state index contributed by atoms with van der Waals surface area (Å²) < 4.78 is 40.5. The SMILES string of the molecule is Cn1cncc1CCC(=O)c1ccn2c(-c3cccc(NC(=O)NCC(F)(F)F)c3)cnc2c1. The van der Waals surface area contributed by atoms with Crippen LogP contribution in [0.3, 0.4) is 0 Å². The number of carbonyl (C=O) groups is 2. The topological polar surface area (TPSA) is 93.3 Å². The molecule has 0 aliphatic heterocycles. The van der Waals surface area contributed by atoms with E-state index >= 15 is 0 Å². The van der Waals surface area contributed by atoms with Gasteiger partial charge < -0.3 is 15.2 Å². The highest BCUT2D eigenvalue weighted by Gasteiger charge is 2.27. The number of imidazole rings is 2. The average molecular weight is 470 g/mol. The van der Waals surface area contributed by atoms with Gasteiger partial charge in [0.15, 0.2) is 5.78 Å². The normalized spacial score (nSPS) is 11.5. The second-order valence-electron chi connectivity index (χ2n) is 7.71. The third kappa shape index (κ3) is 5.42. The number of rotatable bonds is 7. The summed E-state index contributed by atoms with van der Waals surface area (Å²) in [5, 5.41) is 4.15. The van der Waals surface area contributed by atoms with E-state index in [0.29, 0.717) is 41.0 Å². The lowest BCUT2D eigenvalue weighted by molar-refractivity contribution is -0.122. The number of nitrogens with zero attached hydrogens (tertiary/aromatic N) is 4. The molecule has 176 valence electrons. The fourth-order valence-corrected chi connectivity index (χ4v) is 3.49. The summed E-state index contributed by atoms with van der Waals surface area (Å²) in [5.74, 6) is -0.00989. The Balaban J connectivity index is 1.47. The Morgan fingerprint density at radius 3 is 2.68 bits per heavy atom. The van der Waals surface area contributed by atoms with Crippen molar-refractivity contribution in [2.45, 2.75) is 19.0 Å². The number of fused-ring (bicyclic) bond motifs is 1. The van der Waals surface area contributed by atoms with Gasteiger partial charge in [-0.25, -0.2) is 14.8 Å². The van der Waals surface area contributed by atoms with Crippen LogP contribution in [0.5, 0.6) is 0 Å².